The van der Waals surface area contributed by atoms with Gasteiger partial charge in [0.05, 0.1) is 11.5 Å². The summed E-state index contributed by atoms with van der Waals surface area (Å²) in [6, 6.07) is 13.4. The summed E-state index contributed by atoms with van der Waals surface area (Å²) in [4.78, 5) is 36.8. The number of ether oxygens (including phenoxy) is 1. The second-order valence-electron chi connectivity index (χ2n) is 11.8. The van der Waals surface area contributed by atoms with Gasteiger partial charge in [0.1, 0.15) is 23.2 Å². The highest BCUT2D eigenvalue weighted by Crippen LogP contribution is 2.30. The predicted molar refractivity (Wildman–Crippen MR) is 165 cm³/mol. The second kappa shape index (κ2) is 13.2. The Kier molecular flexibility index (Phi) is 9.17. The molecule has 2 aromatic carbocycles. The molecule has 0 fully saturated rings. The number of allylic oxidation sites excluding steroid dienone is 3. The van der Waals surface area contributed by atoms with Crippen LogP contribution in [0.4, 0.5) is 9.18 Å². The van der Waals surface area contributed by atoms with Crippen molar-refractivity contribution in [1.82, 2.24) is 20.8 Å². The lowest BCUT2D eigenvalue weighted by Gasteiger charge is -2.21. The number of carboxylic acids is 1. The van der Waals surface area contributed by atoms with Crippen molar-refractivity contribution in [1.29, 1.82) is 0 Å². The standard InChI is InChI=1S/C34H33FN4O7/c1-19-5-8-21(9-6-19)27-15-16-28(44-27)29(40)37-26(32(41)42)18-20-7-14-24(25(35)17-20)31-39-38-30(45-31)22-10-12-23(13-11-22)36-33(43)46-34(2,3)4/h5-10,12-17,22,26H,11,18H2,1-4H3,(H,36,43)(H,37,40)(H,41,42). The molecule has 2 atom stereocenters. The lowest BCUT2D eigenvalue weighted by molar-refractivity contribution is -0.139. The summed E-state index contributed by atoms with van der Waals surface area (Å²) in [7, 11) is 0. The fraction of sp³-hybridized carbons (Fsp3) is 0.265. The monoisotopic (exact) mass is 628 g/mol. The molecule has 2 amide bonds. The molecule has 46 heavy (non-hydrogen) atoms. The molecule has 238 valence electrons. The fourth-order valence-corrected chi connectivity index (χ4v) is 4.67. The first-order valence-electron chi connectivity index (χ1n) is 14.6. The van der Waals surface area contributed by atoms with Gasteiger partial charge in [-0.05, 0) is 70.0 Å². The van der Waals surface area contributed by atoms with Crippen molar-refractivity contribution in [2.75, 3.05) is 0 Å². The van der Waals surface area contributed by atoms with Crippen LogP contribution in [0.3, 0.4) is 0 Å². The Bertz CT molecular complexity index is 1820. The third kappa shape index (κ3) is 7.95. The van der Waals surface area contributed by atoms with Gasteiger partial charge >= 0.3 is 12.1 Å². The van der Waals surface area contributed by atoms with E-state index in [4.69, 9.17) is 13.6 Å². The highest BCUT2D eigenvalue weighted by atomic mass is 19.1. The van der Waals surface area contributed by atoms with E-state index in [1.165, 1.54) is 24.3 Å². The highest BCUT2D eigenvalue weighted by Gasteiger charge is 2.25. The van der Waals surface area contributed by atoms with Gasteiger partial charge in [-0.3, -0.25) is 10.1 Å². The second-order valence-corrected chi connectivity index (χ2v) is 11.8. The molecule has 11 nitrogen and oxygen atoms in total. The van der Waals surface area contributed by atoms with Crippen molar-refractivity contribution in [3.8, 4) is 22.8 Å². The van der Waals surface area contributed by atoms with Crippen LogP contribution in [-0.4, -0.2) is 44.9 Å². The van der Waals surface area contributed by atoms with Gasteiger partial charge in [-0.25, -0.2) is 14.0 Å². The topological polar surface area (TPSA) is 157 Å². The Hall–Kier alpha value is -5.52. The van der Waals surface area contributed by atoms with Gasteiger partial charge in [0.15, 0.2) is 5.76 Å². The van der Waals surface area contributed by atoms with Gasteiger partial charge in [0, 0.05) is 17.7 Å². The van der Waals surface area contributed by atoms with Crippen LogP contribution in [0.1, 0.15) is 60.7 Å². The third-order valence-electron chi connectivity index (χ3n) is 6.98. The third-order valence-corrected chi connectivity index (χ3v) is 6.98. The maximum absolute atomic E-state index is 15.2. The molecule has 0 saturated carbocycles. The van der Waals surface area contributed by atoms with Crippen LogP contribution in [0.5, 0.6) is 0 Å². The Morgan fingerprint density at radius 2 is 1.83 bits per heavy atom. The molecule has 0 aliphatic heterocycles. The first-order valence-corrected chi connectivity index (χ1v) is 14.6. The lowest BCUT2D eigenvalue weighted by Crippen LogP contribution is -2.42. The Morgan fingerprint density at radius 3 is 2.48 bits per heavy atom. The number of rotatable bonds is 9. The van der Waals surface area contributed by atoms with Crippen molar-refractivity contribution in [2.24, 2.45) is 0 Å². The average Bonchev–Trinajstić information content (AvgIpc) is 3.68. The zero-order valence-corrected chi connectivity index (χ0v) is 25.7. The minimum atomic E-state index is -1.35. The van der Waals surface area contributed by atoms with Crippen LogP contribution in [0.2, 0.25) is 0 Å². The van der Waals surface area contributed by atoms with Crippen LogP contribution in [0.15, 0.2) is 87.4 Å². The smallest absolute Gasteiger partial charge is 0.412 e. The van der Waals surface area contributed by atoms with E-state index in [9.17, 15) is 19.5 Å². The van der Waals surface area contributed by atoms with Gasteiger partial charge < -0.3 is 24.0 Å². The number of nitrogens with one attached hydrogen (secondary N) is 2. The van der Waals surface area contributed by atoms with Crippen molar-refractivity contribution in [3.05, 3.63) is 107 Å². The summed E-state index contributed by atoms with van der Waals surface area (Å²) in [6.07, 6.45) is 4.98. The molecule has 4 aromatic rings. The van der Waals surface area contributed by atoms with Crippen LogP contribution < -0.4 is 10.6 Å². The zero-order valence-electron chi connectivity index (χ0n) is 25.7. The predicted octanol–water partition coefficient (Wildman–Crippen LogP) is 6.32. The molecule has 2 aromatic heterocycles. The van der Waals surface area contributed by atoms with Crippen LogP contribution in [-0.2, 0) is 16.0 Å². The zero-order chi connectivity index (χ0) is 33.0. The van der Waals surface area contributed by atoms with Crippen molar-refractivity contribution in [2.45, 2.75) is 58.1 Å². The molecule has 2 heterocycles. The number of hydrogen-bond acceptors (Lipinski definition) is 8. The maximum atomic E-state index is 15.2. The lowest BCUT2D eigenvalue weighted by atomic mass is 9.99. The van der Waals surface area contributed by atoms with Crippen LogP contribution >= 0.6 is 0 Å². The van der Waals surface area contributed by atoms with Crippen LogP contribution in [0.25, 0.3) is 22.8 Å². The molecule has 0 bridgehead atoms. The van der Waals surface area contributed by atoms with E-state index in [1.807, 2.05) is 31.2 Å². The number of aromatic nitrogens is 2. The molecule has 2 unspecified atom stereocenters. The minimum absolute atomic E-state index is 0.0419. The number of hydrogen-bond donors (Lipinski definition) is 3. The molecular formula is C34H33FN4O7. The number of aryl methyl sites for hydroxylation is 1. The summed E-state index contributed by atoms with van der Waals surface area (Å²) in [5, 5.41) is 22.9. The number of benzene rings is 2. The summed E-state index contributed by atoms with van der Waals surface area (Å²) in [5.74, 6) is -2.33. The first-order chi connectivity index (χ1) is 21.8. The quantitative estimate of drug-likeness (QED) is 0.193. The molecule has 0 spiro atoms. The molecule has 0 radical (unpaired) electrons. The molecule has 1 aliphatic rings. The van der Waals surface area contributed by atoms with Crippen molar-refractivity contribution < 1.29 is 37.5 Å². The van der Waals surface area contributed by atoms with E-state index < -0.39 is 35.4 Å². The fourth-order valence-electron chi connectivity index (χ4n) is 4.67. The minimum Gasteiger partial charge on any atom is -0.480 e. The van der Waals surface area contributed by atoms with Gasteiger partial charge in [-0.2, -0.15) is 0 Å². The maximum Gasteiger partial charge on any atom is 0.412 e. The molecule has 0 saturated heterocycles. The Balaban J connectivity index is 1.20. The molecule has 12 heteroatoms. The van der Waals surface area contributed by atoms with E-state index in [1.54, 1.807) is 45.1 Å². The van der Waals surface area contributed by atoms with Gasteiger partial charge in [-0.15, -0.1) is 10.2 Å². The van der Waals surface area contributed by atoms with E-state index in [0.29, 0.717) is 23.4 Å². The number of nitrogens with zero attached hydrogens (tertiary/aromatic N) is 2. The summed E-state index contributed by atoms with van der Waals surface area (Å²) >= 11 is 0. The normalized spacial score (nSPS) is 15.2. The SMILES string of the molecule is Cc1ccc(-c2ccc(C(=O)NC(Cc3ccc(-c4nnc(C5C=CC(NC(=O)OC(C)(C)C)=CC5)o4)c(F)c3)C(=O)O)o2)cc1. The largest absolute Gasteiger partial charge is 0.480 e. The summed E-state index contributed by atoms with van der Waals surface area (Å²) in [6.45, 7) is 7.27. The molecule has 3 N–H and O–H groups in total. The molecule has 5 rings (SSSR count). The number of carbonyl (C=O) groups is 3. The number of furan rings is 1. The van der Waals surface area contributed by atoms with Crippen molar-refractivity contribution in [3.63, 3.8) is 0 Å². The van der Waals surface area contributed by atoms with Gasteiger partial charge in [-0.1, -0.05) is 48.0 Å². The van der Waals surface area contributed by atoms with Gasteiger partial charge in [0.25, 0.3) is 11.8 Å². The average molecular weight is 629 g/mol. The number of carbonyl (C=O) groups excluding carboxylic acids is 2. The Morgan fingerprint density at radius 1 is 1.07 bits per heavy atom. The number of amides is 2. The van der Waals surface area contributed by atoms with Gasteiger partial charge in [0.2, 0.25) is 5.89 Å². The van der Waals surface area contributed by atoms with Crippen molar-refractivity contribution >= 4 is 18.0 Å². The first kappa shape index (κ1) is 31.9. The summed E-state index contributed by atoms with van der Waals surface area (Å²) in [5.41, 5.74) is 2.17. The Labute approximate surface area is 264 Å². The van der Waals surface area contributed by atoms with E-state index in [2.05, 4.69) is 20.8 Å². The molecule has 1 aliphatic carbocycles. The summed E-state index contributed by atoms with van der Waals surface area (Å²) < 4.78 is 31.9. The highest BCUT2D eigenvalue weighted by molar-refractivity contribution is 5.94. The van der Waals surface area contributed by atoms with E-state index in [0.717, 1.165) is 11.1 Å². The van der Waals surface area contributed by atoms with Crippen LogP contribution in [0, 0.1) is 12.7 Å². The number of aliphatic carboxylic acids is 1. The number of carboxylic acid groups (broad SMARTS) is 1. The number of alkyl carbamates (subject to hydrolysis) is 1. The van der Waals surface area contributed by atoms with E-state index in [-0.39, 0.29) is 35.4 Å². The van der Waals surface area contributed by atoms with E-state index >= 15 is 4.39 Å². The number of halogens is 1. The molecular weight excluding hydrogens is 595 g/mol.